The third-order valence-electron chi connectivity index (χ3n) is 3.48. The van der Waals surface area contributed by atoms with Gasteiger partial charge in [0, 0.05) is 17.7 Å². The molecule has 2 aromatic heterocycles. The van der Waals surface area contributed by atoms with Gasteiger partial charge in [0.05, 0.1) is 16.7 Å². The average Bonchev–Trinajstić information content (AvgIpc) is 3.18. The number of thiazole rings is 1. The molecule has 0 bridgehead atoms. The van der Waals surface area contributed by atoms with Crippen LogP contribution in [0, 0.1) is 0 Å². The lowest BCUT2D eigenvalue weighted by molar-refractivity contribution is 0.798. The fourth-order valence-corrected chi connectivity index (χ4v) is 3.97. The minimum atomic E-state index is 0.135. The molecule has 0 aliphatic rings. The fraction of sp³-hybridized carbons (Fsp3) is 0.353. The van der Waals surface area contributed by atoms with Crippen LogP contribution in [0.5, 0.6) is 0 Å². The Morgan fingerprint density at radius 3 is 2.57 bits per heavy atom. The first-order valence-electron chi connectivity index (χ1n) is 7.70. The second-order valence-corrected chi connectivity index (χ2v) is 7.75. The molecule has 0 aliphatic carbocycles. The van der Waals surface area contributed by atoms with Gasteiger partial charge in [0.2, 0.25) is 5.13 Å². The highest BCUT2D eigenvalue weighted by molar-refractivity contribution is 7.15. The molecule has 120 valence electrons. The molecule has 1 aromatic carbocycles. The van der Waals surface area contributed by atoms with Gasteiger partial charge in [0.1, 0.15) is 5.01 Å². The zero-order chi connectivity index (χ0) is 16.2. The van der Waals surface area contributed by atoms with E-state index >= 15 is 0 Å². The zero-order valence-electron chi connectivity index (χ0n) is 13.5. The van der Waals surface area contributed by atoms with E-state index in [9.17, 15) is 0 Å². The predicted octanol–water partition coefficient (Wildman–Crippen LogP) is 4.88. The largest absolute Gasteiger partial charge is 0.352 e. The molecule has 0 fully saturated rings. The number of benzene rings is 1. The molecule has 4 nitrogen and oxygen atoms in total. The lowest BCUT2D eigenvalue weighted by Crippen LogP contribution is -2.07. The van der Waals surface area contributed by atoms with E-state index in [1.807, 2.05) is 18.2 Å². The van der Waals surface area contributed by atoms with Crippen molar-refractivity contribution in [3.05, 3.63) is 57.0 Å². The van der Waals surface area contributed by atoms with E-state index in [0.29, 0.717) is 5.92 Å². The van der Waals surface area contributed by atoms with Crippen molar-refractivity contribution in [1.82, 2.24) is 15.2 Å². The summed E-state index contributed by atoms with van der Waals surface area (Å²) in [6.07, 6.45) is 0.822. The Hall–Kier alpha value is -1.79. The van der Waals surface area contributed by atoms with Crippen molar-refractivity contribution in [3.63, 3.8) is 0 Å². The highest BCUT2D eigenvalue weighted by atomic mass is 32.1. The van der Waals surface area contributed by atoms with Gasteiger partial charge in [-0.3, -0.25) is 0 Å². The van der Waals surface area contributed by atoms with Crippen LogP contribution in [0.15, 0.2) is 35.7 Å². The third kappa shape index (κ3) is 4.14. The number of anilines is 1. The van der Waals surface area contributed by atoms with E-state index in [1.165, 1.54) is 10.6 Å². The topological polar surface area (TPSA) is 50.7 Å². The van der Waals surface area contributed by atoms with Gasteiger partial charge < -0.3 is 5.32 Å². The summed E-state index contributed by atoms with van der Waals surface area (Å²) in [5.41, 5.74) is 2.32. The molecular formula is C17H20N4S2. The van der Waals surface area contributed by atoms with Gasteiger partial charge in [0.25, 0.3) is 0 Å². The van der Waals surface area contributed by atoms with Crippen molar-refractivity contribution in [1.29, 1.82) is 0 Å². The summed E-state index contributed by atoms with van der Waals surface area (Å²) >= 11 is 3.33. The first kappa shape index (κ1) is 16.1. The van der Waals surface area contributed by atoms with Crippen LogP contribution in [0.2, 0.25) is 0 Å². The van der Waals surface area contributed by atoms with Crippen LogP contribution in [0.25, 0.3) is 0 Å². The normalized spacial score (nSPS) is 12.5. The van der Waals surface area contributed by atoms with E-state index in [0.717, 1.165) is 22.3 Å². The Morgan fingerprint density at radius 1 is 1.09 bits per heavy atom. The van der Waals surface area contributed by atoms with Crippen LogP contribution >= 0.6 is 22.7 Å². The van der Waals surface area contributed by atoms with E-state index in [4.69, 9.17) is 4.98 Å². The fourth-order valence-electron chi connectivity index (χ4n) is 2.18. The van der Waals surface area contributed by atoms with Gasteiger partial charge in [-0.1, -0.05) is 55.5 Å². The number of hydrogen-bond donors (Lipinski definition) is 1. The number of hydrogen-bond acceptors (Lipinski definition) is 6. The van der Waals surface area contributed by atoms with Crippen molar-refractivity contribution in [2.24, 2.45) is 0 Å². The number of nitrogens with one attached hydrogen (secondary N) is 1. The van der Waals surface area contributed by atoms with Crippen LogP contribution in [-0.4, -0.2) is 15.2 Å². The van der Waals surface area contributed by atoms with Crippen molar-refractivity contribution < 1.29 is 0 Å². The number of rotatable bonds is 6. The van der Waals surface area contributed by atoms with Crippen LogP contribution in [-0.2, 0) is 6.42 Å². The Labute approximate surface area is 144 Å². The Bertz CT molecular complexity index is 749. The molecule has 3 aromatic rings. The van der Waals surface area contributed by atoms with E-state index in [-0.39, 0.29) is 6.04 Å². The van der Waals surface area contributed by atoms with Gasteiger partial charge in [-0.2, -0.15) is 0 Å². The summed E-state index contributed by atoms with van der Waals surface area (Å²) in [4.78, 5) is 4.69. The predicted molar refractivity (Wildman–Crippen MR) is 97.4 cm³/mol. The molecule has 0 radical (unpaired) electrons. The van der Waals surface area contributed by atoms with Crippen LogP contribution < -0.4 is 5.32 Å². The zero-order valence-corrected chi connectivity index (χ0v) is 15.1. The molecule has 1 unspecified atom stereocenters. The SMILES string of the molecule is CC(C)c1nc(C(C)Nc2nnc(Cc3ccccc3)s2)cs1. The minimum absolute atomic E-state index is 0.135. The Kier molecular flexibility index (Phi) is 5.03. The van der Waals surface area contributed by atoms with E-state index in [2.05, 4.69) is 53.8 Å². The highest BCUT2D eigenvalue weighted by Gasteiger charge is 2.14. The summed E-state index contributed by atoms with van der Waals surface area (Å²) in [6, 6.07) is 10.5. The highest BCUT2D eigenvalue weighted by Crippen LogP contribution is 2.26. The Balaban J connectivity index is 1.64. The summed E-state index contributed by atoms with van der Waals surface area (Å²) in [6.45, 7) is 6.44. The third-order valence-corrected chi connectivity index (χ3v) is 5.50. The monoisotopic (exact) mass is 344 g/mol. The quantitative estimate of drug-likeness (QED) is 0.692. The van der Waals surface area contributed by atoms with E-state index < -0.39 is 0 Å². The molecule has 0 amide bonds. The van der Waals surface area contributed by atoms with Crippen LogP contribution in [0.4, 0.5) is 5.13 Å². The summed E-state index contributed by atoms with van der Waals surface area (Å²) in [7, 11) is 0. The van der Waals surface area contributed by atoms with Crippen molar-refractivity contribution in [2.75, 3.05) is 5.32 Å². The van der Waals surface area contributed by atoms with Gasteiger partial charge in [-0.25, -0.2) is 4.98 Å². The maximum Gasteiger partial charge on any atom is 0.206 e. The van der Waals surface area contributed by atoms with Gasteiger partial charge >= 0.3 is 0 Å². The summed E-state index contributed by atoms with van der Waals surface area (Å²) < 4.78 is 0. The molecule has 0 spiro atoms. The molecule has 1 atom stereocenters. The first-order valence-corrected chi connectivity index (χ1v) is 9.39. The number of nitrogens with zero attached hydrogens (tertiary/aromatic N) is 3. The van der Waals surface area contributed by atoms with Crippen molar-refractivity contribution in [3.8, 4) is 0 Å². The average molecular weight is 345 g/mol. The second kappa shape index (κ2) is 7.19. The summed E-state index contributed by atoms with van der Waals surface area (Å²) in [5.74, 6) is 0.472. The minimum Gasteiger partial charge on any atom is -0.352 e. The van der Waals surface area contributed by atoms with Crippen LogP contribution in [0.1, 0.15) is 54.0 Å². The summed E-state index contributed by atoms with van der Waals surface area (Å²) in [5, 5.41) is 17.1. The van der Waals surface area contributed by atoms with Crippen molar-refractivity contribution >= 4 is 27.8 Å². The molecule has 3 rings (SSSR count). The second-order valence-electron chi connectivity index (χ2n) is 5.79. The number of aromatic nitrogens is 3. The first-order chi connectivity index (χ1) is 11.1. The smallest absolute Gasteiger partial charge is 0.206 e. The van der Waals surface area contributed by atoms with Gasteiger partial charge in [-0.05, 0) is 12.5 Å². The molecule has 2 heterocycles. The maximum absolute atomic E-state index is 4.69. The molecule has 0 saturated carbocycles. The van der Waals surface area contributed by atoms with Crippen LogP contribution in [0.3, 0.4) is 0 Å². The van der Waals surface area contributed by atoms with Gasteiger partial charge in [-0.15, -0.1) is 21.5 Å². The van der Waals surface area contributed by atoms with E-state index in [1.54, 1.807) is 22.7 Å². The maximum atomic E-state index is 4.69. The molecule has 1 N–H and O–H groups in total. The lowest BCUT2D eigenvalue weighted by Gasteiger charge is -2.09. The van der Waals surface area contributed by atoms with Gasteiger partial charge in [0.15, 0.2) is 0 Å². The molecule has 6 heteroatoms. The molecule has 0 saturated heterocycles. The molecule has 0 aliphatic heterocycles. The lowest BCUT2D eigenvalue weighted by atomic mass is 10.2. The standard InChI is InChI=1S/C17H20N4S2/c1-11(2)16-19-14(10-22-16)12(3)18-17-21-20-15(23-17)9-13-7-5-4-6-8-13/h4-8,10-12H,9H2,1-3H3,(H,18,21). The Morgan fingerprint density at radius 2 is 1.87 bits per heavy atom. The molecular weight excluding hydrogens is 324 g/mol. The molecule has 23 heavy (non-hydrogen) atoms. The van der Waals surface area contributed by atoms with Crippen molar-refractivity contribution in [2.45, 2.75) is 39.2 Å².